The van der Waals surface area contributed by atoms with E-state index in [1.807, 2.05) is 12.3 Å². The van der Waals surface area contributed by atoms with Gasteiger partial charge in [0, 0.05) is 24.2 Å². The second-order valence-electron chi connectivity index (χ2n) is 4.70. The number of thiophene rings is 1. The molecule has 7 nitrogen and oxygen atoms in total. The smallest absolute Gasteiger partial charge is 0.278 e. The van der Waals surface area contributed by atoms with Crippen molar-refractivity contribution >= 4 is 45.4 Å². The van der Waals surface area contributed by atoms with Crippen LogP contribution in [-0.2, 0) is 7.05 Å². The van der Waals surface area contributed by atoms with Gasteiger partial charge >= 0.3 is 0 Å². The van der Waals surface area contributed by atoms with Crippen LogP contribution in [0.3, 0.4) is 0 Å². The third-order valence-electron chi connectivity index (χ3n) is 2.94. The molecule has 23 heavy (non-hydrogen) atoms. The number of hydrogen-bond acceptors (Lipinski definition) is 6. The third kappa shape index (κ3) is 3.46. The quantitative estimate of drug-likeness (QED) is 0.759. The van der Waals surface area contributed by atoms with Crippen LogP contribution in [0, 0.1) is 6.92 Å². The molecule has 0 aliphatic carbocycles. The van der Waals surface area contributed by atoms with E-state index >= 15 is 0 Å². The van der Waals surface area contributed by atoms with Crippen LogP contribution in [0.2, 0.25) is 0 Å². The molecule has 3 heterocycles. The lowest BCUT2D eigenvalue weighted by Crippen LogP contribution is -2.13. The summed E-state index contributed by atoms with van der Waals surface area (Å²) in [6.45, 7) is 1.91. The number of nitrogens with zero attached hydrogens (tertiary/aromatic N) is 3. The van der Waals surface area contributed by atoms with Gasteiger partial charge in [-0.05, 0) is 18.4 Å². The van der Waals surface area contributed by atoms with Crippen molar-refractivity contribution in [2.75, 3.05) is 10.6 Å². The molecule has 2 N–H and O–H groups in total. The summed E-state index contributed by atoms with van der Waals surface area (Å²) in [6.07, 6.45) is 1.69. The van der Waals surface area contributed by atoms with E-state index in [0.29, 0.717) is 15.8 Å². The van der Waals surface area contributed by atoms with Crippen molar-refractivity contribution in [3.63, 3.8) is 0 Å². The maximum Gasteiger partial charge on any atom is 0.278 e. The van der Waals surface area contributed by atoms with Crippen molar-refractivity contribution in [1.82, 2.24) is 14.8 Å². The molecule has 0 aromatic carbocycles. The molecule has 3 aromatic heterocycles. The number of aryl methyl sites for hydroxylation is 2. The number of rotatable bonds is 4. The Morgan fingerprint density at radius 2 is 2.09 bits per heavy atom. The fraction of sp³-hybridized carbons (Fsp3) is 0.143. The van der Waals surface area contributed by atoms with Crippen molar-refractivity contribution < 1.29 is 9.59 Å². The zero-order valence-corrected chi connectivity index (χ0v) is 14.0. The zero-order valence-electron chi connectivity index (χ0n) is 12.4. The molecule has 0 spiro atoms. The molecule has 0 unspecified atom stereocenters. The minimum absolute atomic E-state index is 0.210. The fourth-order valence-electron chi connectivity index (χ4n) is 1.85. The number of hydrogen-bond donors (Lipinski definition) is 2. The number of aromatic nitrogens is 3. The Hall–Kier alpha value is -2.52. The number of nitrogens with one attached hydrogen (secondary N) is 2. The molecule has 0 bridgehead atoms. The molecule has 3 rings (SSSR count). The van der Waals surface area contributed by atoms with Crippen LogP contribution < -0.4 is 10.6 Å². The molecule has 0 saturated carbocycles. The topological polar surface area (TPSA) is 88.9 Å². The van der Waals surface area contributed by atoms with Crippen molar-refractivity contribution in [1.29, 1.82) is 0 Å². The van der Waals surface area contributed by atoms with E-state index in [4.69, 9.17) is 0 Å². The van der Waals surface area contributed by atoms with E-state index in [1.54, 1.807) is 25.4 Å². The summed E-state index contributed by atoms with van der Waals surface area (Å²) in [6, 6.07) is 5.06. The minimum atomic E-state index is -0.369. The number of amides is 2. The van der Waals surface area contributed by atoms with E-state index < -0.39 is 0 Å². The Kier molecular flexibility index (Phi) is 4.22. The van der Waals surface area contributed by atoms with E-state index in [9.17, 15) is 9.59 Å². The molecule has 0 aliphatic heterocycles. The van der Waals surface area contributed by atoms with Gasteiger partial charge in [0.05, 0.1) is 4.88 Å². The average Bonchev–Trinajstić information content (AvgIpc) is 3.22. The maximum atomic E-state index is 12.2. The standard InChI is InChI=1S/C14H13N5O2S2/c1-8-7-15-14(23-8)17-12(20)9-6-11(19(2)18-9)16-13(21)10-4-3-5-22-10/h3-7H,1-2H3,(H,16,21)(H,15,17,20). The van der Waals surface area contributed by atoms with Crippen LogP contribution in [0.1, 0.15) is 25.0 Å². The number of anilines is 2. The van der Waals surface area contributed by atoms with Gasteiger partial charge in [-0.1, -0.05) is 6.07 Å². The van der Waals surface area contributed by atoms with Gasteiger partial charge in [0.25, 0.3) is 11.8 Å². The first kappa shape index (κ1) is 15.4. The predicted octanol–water partition coefficient (Wildman–Crippen LogP) is 2.75. The Labute approximate surface area is 140 Å². The van der Waals surface area contributed by atoms with Gasteiger partial charge in [0.1, 0.15) is 5.82 Å². The highest BCUT2D eigenvalue weighted by molar-refractivity contribution is 7.15. The molecule has 0 atom stereocenters. The highest BCUT2D eigenvalue weighted by Gasteiger charge is 2.16. The molecule has 118 valence electrons. The third-order valence-corrected chi connectivity index (χ3v) is 4.64. The summed E-state index contributed by atoms with van der Waals surface area (Å²) in [5.74, 6) is -0.152. The van der Waals surface area contributed by atoms with Gasteiger partial charge in [-0.2, -0.15) is 5.10 Å². The van der Waals surface area contributed by atoms with E-state index in [0.717, 1.165) is 4.88 Å². The van der Waals surface area contributed by atoms with Crippen LogP contribution in [0.25, 0.3) is 0 Å². The summed E-state index contributed by atoms with van der Waals surface area (Å²) >= 11 is 2.73. The first-order valence-corrected chi connectivity index (χ1v) is 8.35. The second-order valence-corrected chi connectivity index (χ2v) is 6.88. The fourth-order valence-corrected chi connectivity index (χ4v) is 3.13. The average molecular weight is 347 g/mol. The zero-order chi connectivity index (χ0) is 16.4. The first-order chi connectivity index (χ1) is 11.0. The van der Waals surface area contributed by atoms with Crippen LogP contribution in [0.15, 0.2) is 29.8 Å². The number of carbonyl (C=O) groups is 2. The van der Waals surface area contributed by atoms with Gasteiger partial charge in [-0.3, -0.25) is 19.6 Å². The number of thiazole rings is 1. The molecule has 2 amide bonds. The normalized spacial score (nSPS) is 10.5. The summed E-state index contributed by atoms with van der Waals surface area (Å²) in [4.78, 5) is 29.9. The molecule has 3 aromatic rings. The SMILES string of the molecule is Cc1cnc(NC(=O)c2cc(NC(=O)c3cccs3)n(C)n2)s1. The molecule has 0 aliphatic rings. The molecule has 0 fully saturated rings. The highest BCUT2D eigenvalue weighted by Crippen LogP contribution is 2.18. The summed E-state index contributed by atoms with van der Waals surface area (Å²) in [5, 5.41) is 11.9. The molecular weight excluding hydrogens is 334 g/mol. The summed E-state index contributed by atoms with van der Waals surface area (Å²) in [7, 11) is 1.66. The van der Waals surface area contributed by atoms with Gasteiger partial charge in [0.2, 0.25) is 0 Å². The van der Waals surface area contributed by atoms with Gasteiger partial charge < -0.3 is 5.32 Å². The van der Waals surface area contributed by atoms with Gasteiger partial charge in [-0.25, -0.2) is 4.98 Å². The van der Waals surface area contributed by atoms with Crippen molar-refractivity contribution in [3.05, 3.63) is 45.2 Å². The van der Waals surface area contributed by atoms with E-state index in [1.165, 1.54) is 33.4 Å². The van der Waals surface area contributed by atoms with E-state index in [2.05, 4.69) is 20.7 Å². The first-order valence-electron chi connectivity index (χ1n) is 6.65. The second kappa shape index (κ2) is 6.31. The molecular formula is C14H13N5O2S2. The predicted molar refractivity (Wildman–Crippen MR) is 90.3 cm³/mol. The lowest BCUT2D eigenvalue weighted by molar-refractivity contribution is 0.101. The summed E-state index contributed by atoms with van der Waals surface area (Å²) in [5.41, 5.74) is 0.210. The minimum Gasteiger partial charge on any atom is -0.306 e. The highest BCUT2D eigenvalue weighted by atomic mass is 32.1. The molecule has 0 radical (unpaired) electrons. The Balaban J connectivity index is 1.72. The Bertz CT molecular complexity index is 851. The van der Waals surface area contributed by atoms with Crippen LogP contribution in [0.4, 0.5) is 10.9 Å². The van der Waals surface area contributed by atoms with E-state index in [-0.39, 0.29) is 17.5 Å². The van der Waals surface area contributed by atoms with Crippen molar-refractivity contribution in [2.24, 2.45) is 7.05 Å². The summed E-state index contributed by atoms with van der Waals surface area (Å²) < 4.78 is 1.45. The van der Waals surface area contributed by atoms with Gasteiger partial charge in [0.15, 0.2) is 10.8 Å². The Morgan fingerprint density at radius 3 is 2.74 bits per heavy atom. The number of carbonyl (C=O) groups excluding carboxylic acids is 2. The lowest BCUT2D eigenvalue weighted by atomic mass is 10.4. The van der Waals surface area contributed by atoms with Crippen molar-refractivity contribution in [3.8, 4) is 0 Å². The largest absolute Gasteiger partial charge is 0.306 e. The van der Waals surface area contributed by atoms with Crippen LogP contribution in [0.5, 0.6) is 0 Å². The molecule has 0 saturated heterocycles. The monoisotopic (exact) mass is 347 g/mol. The Morgan fingerprint density at radius 1 is 1.26 bits per heavy atom. The van der Waals surface area contributed by atoms with Crippen LogP contribution >= 0.6 is 22.7 Å². The van der Waals surface area contributed by atoms with Crippen LogP contribution in [-0.4, -0.2) is 26.6 Å². The lowest BCUT2D eigenvalue weighted by Gasteiger charge is -2.02. The maximum absolute atomic E-state index is 12.2. The van der Waals surface area contributed by atoms with Crippen molar-refractivity contribution in [2.45, 2.75) is 6.92 Å². The van der Waals surface area contributed by atoms with Gasteiger partial charge in [-0.15, -0.1) is 22.7 Å². The molecule has 9 heteroatoms.